The average molecular weight is 442 g/mol. The van der Waals surface area contributed by atoms with Crippen LogP contribution in [0.15, 0.2) is 24.4 Å². The Morgan fingerprint density at radius 2 is 1.96 bits per heavy atom. The minimum atomic E-state index is -0.140. The fourth-order valence-corrected chi connectivity index (χ4v) is 3.87. The molecule has 0 spiro atoms. The summed E-state index contributed by atoms with van der Waals surface area (Å²) in [5.41, 5.74) is 2.20. The van der Waals surface area contributed by atoms with Crippen molar-refractivity contribution in [3.8, 4) is 0 Å². The Labute approximate surface area is 180 Å². The summed E-state index contributed by atoms with van der Waals surface area (Å²) in [6.07, 6.45) is 1.84. The van der Waals surface area contributed by atoms with Gasteiger partial charge in [-0.1, -0.05) is 22.9 Å². The Morgan fingerprint density at radius 3 is 2.57 bits per heavy atom. The van der Waals surface area contributed by atoms with E-state index < -0.39 is 0 Å². The van der Waals surface area contributed by atoms with E-state index in [2.05, 4.69) is 5.10 Å². The number of benzene rings is 1. The monoisotopic (exact) mass is 441 g/mol. The van der Waals surface area contributed by atoms with Gasteiger partial charge in [-0.05, 0) is 58.6 Å². The van der Waals surface area contributed by atoms with Crippen molar-refractivity contribution < 1.29 is 4.79 Å². The van der Waals surface area contributed by atoms with Gasteiger partial charge in [0.25, 0.3) is 5.91 Å². The van der Waals surface area contributed by atoms with Crippen LogP contribution in [0.1, 0.15) is 35.9 Å². The summed E-state index contributed by atoms with van der Waals surface area (Å²) in [5.74, 6) is -0.140. The van der Waals surface area contributed by atoms with Crippen LogP contribution in [0, 0.1) is 6.92 Å². The lowest BCUT2D eigenvalue weighted by molar-refractivity contribution is 0.0979. The van der Waals surface area contributed by atoms with E-state index in [1.807, 2.05) is 58.1 Å². The molecule has 0 unspecified atom stereocenters. The molecule has 9 heteroatoms. The Balaban J connectivity index is 0.00000280. The molecule has 6 nitrogen and oxygen atoms in total. The highest BCUT2D eigenvalue weighted by Gasteiger charge is 2.24. The van der Waals surface area contributed by atoms with Gasteiger partial charge in [-0.15, -0.1) is 12.4 Å². The second kappa shape index (κ2) is 9.22. The number of hydrogen-bond acceptors (Lipinski definition) is 5. The summed E-state index contributed by atoms with van der Waals surface area (Å²) >= 11 is 7.73. The molecule has 3 rings (SSSR count). The first-order valence-electron chi connectivity index (χ1n) is 8.85. The van der Waals surface area contributed by atoms with Crippen LogP contribution < -0.4 is 4.90 Å². The molecule has 2 aromatic heterocycles. The highest BCUT2D eigenvalue weighted by Crippen LogP contribution is 2.34. The summed E-state index contributed by atoms with van der Waals surface area (Å²) in [5, 5.41) is 5.79. The van der Waals surface area contributed by atoms with E-state index in [9.17, 15) is 4.79 Å². The second-order valence-corrected chi connectivity index (χ2v) is 8.47. The lowest BCUT2D eigenvalue weighted by Gasteiger charge is -2.21. The quantitative estimate of drug-likeness (QED) is 0.557. The van der Waals surface area contributed by atoms with Crippen molar-refractivity contribution in [2.24, 2.45) is 0 Å². The number of anilines is 1. The fraction of sp³-hybridized carbons (Fsp3) is 0.421. The number of aryl methyl sites for hydroxylation is 1. The molecule has 0 aliphatic heterocycles. The van der Waals surface area contributed by atoms with Crippen LogP contribution in [0.3, 0.4) is 0 Å². The van der Waals surface area contributed by atoms with E-state index in [1.54, 1.807) is 15.6 Å². The number of rotatable bonds is 6. The van der Waals surface area contributed by atoms with Crippen molar-refractivity contribution in [2.45, 2.75) is 26.8 Å². The van der Waals surface area contributed by atoms with E-state index in [0.717, 1.165) is 22.3 Å². The molecule has 152 valence electrons. The van der Waals surface area contributed by atoms with Gasteiger partial charge < -0.3 is 4.90 Å². The van der Waals surface area contributed by atoms with Gasteiger partial charge in [-0.25, -0.2) is 4.98 Å². The molecule has 0 aliphatic carbocycles. The predicted octanol–water partition coefficient (Wildman–Crippen LogP) is 4.67. The van der Waals surface area contributed by atoms with Crippen molar-refractivity contribution in [3.63, 3.8) is 0 Å². The number of carbonyl (C=O) groups excluding carboxylic acids is 1. The van der Waals surface area contributed by atoms with E-state index in [1.165, 1.54) is 11.3 Å². The minimum absolute atomic E-state index is 0. The summed E-state index contributed by atoms with van der Waals surface area (Å²) < 4.78 is 2.81. The molecule has 1 aromatic carbocycles. The Bertz CT molecular complexity index is 967. The first-order chi connectivity index (χ1) is 12.8. The smallest absolute Gasteiger partial charge is 0.280 e. The first-order valence-corrected chi connectivity index (χ1v) is 10.0. The van der Waals surface area contributed by atoms with E-state index in [0.29, 0.717) is 22.4 Å². The highest BCUT2D eigenvalue weighted by molar-refractivity contribution is 7.22. The maximum Gasteiger partial charge on any atom is 0.280 e. The van der Waals surface area contributed by atoms with Crippen LogP contribution in [0.2, 0.25) is 5.02 Å². The molecule has 0 bridgehead atoms. The lowest BCUT2D eigenvalue weighted by atomic mass is 10.2. The third-order valence-electron chi connectivity index (χ3n) is 4.34. The van der Waals surface area contributed by atoms with Gasteiger partial charge in [0.15, 0.2) is 10.8 Å². The second-order valence-electron chi connectivity index (χ2n) is 7.05. The van der Waals surface area contributed by atoms with Gasteiger partial charge in [0.1, 0.15) is 0 Å². The van der Waals surface area contributed by atoms with Gasteiger partial charge in [-0.2, -0.15) is 5.10 Å². The van der Waals surface area contributed by atoms with Crippen LogP contribution in [0.4, 0.5) is 5.13 Å². The zero-order valence-electron chi connectivity index (χ0n) is 16.6. The Kier molecular flexibility index (Phi) is 7.45. The number of halogens is 2. The highest BCUT2D eigenvalue weighted by atomic mass is 35.5. The molecule has 2 heterocycles. The fourth-order valence-electron chi connectivity index (χ4n) is 2.67. The normalized spacial score (nSPS) is 11.3. The molecule has 0 radical (unpaired) electrons. The third kappa shape index (κ3) is 4.66. The molecular weight excluding hydrogens is 417 g/mol. The third-order valence-corrected chi connectivity index (χ3v) is 5.79. The van der Waals surface area contributed by atoms with Crippen molar-refractivity contribution in [3.05, 3.63) is 40.7 Å². The van der Waals surface area contributed by atoms with Crippen LogP contribution in [-0.2, 0) is 0 Å². The van der Waals surface area contributed by atoms with Crippen LogP contribution in [0.5, 0.6) is 0 Å². The molecular formula is C19H25Cl2N5OS. The zero-order valence-corrected chi connectivity index (χ0v) is 19.0. The number of likely N-dealkylation sites (N-methyl/N-ethyl adjacent to an activating group) is 1. The van der Waals surface area contributed by atoms with Crippen molar-refractivity contribution >= 4 is 56.6 Å². The molecule has 0 atom stereocenters. The largest absolute Gasteiger partial charge is 0.308 e. The Hall–Kier alpha value is -1.67. The van der Waals surface area contributed by atoms with E-state index in [4.69, 9.17) is 16.6 Å². The maximum absolute atomic E-state index is 13.2. The molecule has 0 fully saturated rings. The molecule has 0 saturated heterocycles. The van der Waals surface area contributed by atoms with Gasteiger partial charge in [0.05, 0.1) is 10.2 Å². The van der Waals surface area contributed by atoms with Crippen molar-refractivity contribution in [1.29, 1.82) is 0 Å². The Morgan fingerprint density at radius 1 is 1.25 bits per heavy atom. The van der Waals surface area contributed by atoms with Crippen LogP contribution >= 0.6 is 35.3 Å². The van der Waals surface area contributed by atoms with Crippen LogP contribution in [0.25, 0.3) is 10.2 Å². The maximum atomic E-state index is 13.2. The number of aromatic nitrogens is 3. The molecule has 0 N–H and O–H groups in total. The lowest BCUT2D eigenvalue weighted by Crippen LogP contribution is -2.37. The number of thiazole rings is 1. The zero-order chi connectivity index (χ0) is 19.7. The summed E-state index contributed by atoms with van der Waals surface area (Å²) in [6, 6.07) is 5.79. The molecule has 3 aromatic rings. The average Bonchev–Trinajstić information content (AvgIpc) is 3.25. The van der Waals surface area contributed by atoms with E-state index >= 15 is 0 Å². The van der Waals surface area contributed by atoms with Crippen molar-refractivity contribution in [1.82, 2.24) is 19.7 Å². The van der Waals surface area contributed by atoms with Crippen molar-refractivity contribution in [2.75, 3.05) is 32.1 Å². The predicted molar refractivity (Wildman–Crippen MR) is 119 cm³/mol. The standard InChI is InChI=1S/C19H24ClN5OS.ClH/c1-12(2)25-9-8-15(22-25)18(26)24(11-10-23(4)5)19-21-17-13(3)14(20)6-7-16(17)27-19;/h6-9,12H,10-11H2,1-5H3;1H. The number of hydrogen-bond donors (Lipinski definition) is 0. The molecule has 0 aliphatic rings. The number of fused-ring (bicyclic) bond motifs is 1. The summed E-state index contributed by atoms with van der Waals surface area (Å²) in [6.45, 7) is 7.28. The number of amides is 1. The van der Waals surface area contributed by atoms with Crippen LogP contribution in [-0.4, -0.2) is 52.8 Å². The van der Waals surface area contributed by atoms with E-state index in [-0.39, 0.29) is 24.4 Å². The van der Waals surface area contributed by atoms with Gasteiger partial charge in [0, 0.05) is 30.4 Å². The SMILES string of the molecule is Cc1c(Cl)ccc2sc(N(CCN(C)C)C(=O)c3ccn(C(C)C)n3)nc12.Cl. The molecule has 1 amide bonds. The number of carbonyl (C=O) groups is 1. The minimum Gasteiger partial charge on any atom is -0.308 e. The van der Waals surface area contributed by atoms with Gasteiger partial charge in [0.2, 0.25) is 0 Å². The molecule has 28 heavy (non-hydrogen) atoms. The summed E-state index contributed by atoms with van der Waals surface area (Å²) in [4.78, 5) is 21.7. The molecule has 0 saturated carbocycles. The number of nitrogens with zero attached hydrogens (tertiary/aromatic N) is 5. The topological polar surface area (TPSA) is 54.3 Å². The van der Waals surface area contributed by atoms with Gasteiger partial charge in [-0.3, -0.25) is 14.4 Å². The first kappa shape index (κ1) is 22.6. The summed E-state index contributed by atoms with van der Waals surface area (Å²) in [7, 11) is 3.97. The van der Waals surface area contributed by atoms with Gasteiger partial charge >= 0.3 is 0 Å².